The second kappa shape index (κ2) is 7.79. The van der Waals surface area contributed by atoms with Crippen LogP contribution in [0.2, 0.25) is 0 Å². The largest absolute Gasteiger partial charge is 0.143 e. The zero-order valence-corrected chi connectivity index (χ0v) is 16.3. The van der Waals surface area contributed by atoms with Crippen molar-refractivity contribution in [1.29, 1.82) is 0 Å². The number of hydrogen-bond donors (Lipinski definition) is 4. The zero-order valence-electron chi connectivity index (χ0n) is 12.7. The fraction of sp³-hybridized carbons (Fsp3) is 0. The van der Waals surface area contributed by atoms with Gasteiger partial charge in [-0.15, -0.1) is 50.5 Å². The summed E-state index contributed by atoms with van der Waals surface area (Å²) in [6, 6.07) is 24.4. The lowest BCUT2D eigenvalue weighted by Gasteiger charge is -1.99. The summed E-state index contributed by atoms with van der Waals surface area (Å²) >= 11 is 17.1. The van der Waals surface area contributed by atoms with E-state index in [1.165, 1.54) is 21.5 Å². The van der Waals surface area contributed by atoms with Crippen LogP contribution >= 0.6 is 50.5 Å². The number of fused-ring (bicyclic) bond motifs is 2. The van der Waals surface area contributed by atoms with E-state index < -0.39 is 0 Å². The van der Waals surface area contributed by atoms with E-state index in [1.807, 2.05) is 48.5 Å². The van der Waals surface area contributed by atoms with Crippen molar-refractivity contribution >= 4 is 72.1 Å². The highest BCUT2D eigenvalue weighted by molar-refractivity contribution is 7.80. The van der Waals surface area contributed by atoms with Crippen molar-refractivity contribution in [1.82, 2.24) is 0 Å². The molecule has 0 saturated heterocycles. The minimum Gasteiger partial charge on any atom is -0.143 e. The normalized spacial score (nSPS) is 10.5. The van der Waals surface area contributed by atoms with Gasteiger partial charge in [0.15, 0.2) is 0 Å². The molecule has 0 fully saturated rings. The van der Waals surface area contributed by atoms with E-state index in [9.17, 15) is 0 Å². The van der Waals surface area contributed by atoms with E-state index in [0.717, 1.165) is 19.6 Å². The molecule has 0 saturated carbocycles. The van der Waals surface area contributed by atoms with Crippen LogP contribution in [0.5, 0.6) is 0 Å². The maximum atomic E-state index is 4.27. The highest BCUT2D eigenvalue weighted by Gasteiger charge is 1.94. The van der Waals surface area contributed by atoms with E-state index >= 15 is 0 Å². The Labute approximate surface area is 163 Å². The molecule has 0 unspecified atom stereocenters. The molecule has 24 heavy (non-hydrogen) atoms. The van der Waals surface area contributed by atoms with Gasteiger partial charge < -0.3 is 0 Å². The highest BCUT2D eigenvalue weighted by atomic mass is 32.1. The van der Waals surface area contributed by atoms with E-state index in [1.54, 1.807) is 0 Å². The molecule has 0 N–H and O–H groups in total. The molecule has 0 radical (unpaired) electrons. The van der Waals surface area contributed by atoms with Crippen LogP contribution in [-0.2, 0) is 0 Å². The fourth-order valence-corrected chi connectivity index (χ4v) is 3.30. The Balaban J connectivity index is 0.000000141. The van der Waals surface area contributed by atoms with Crippen LogP contribution < -0.4 is 0 Å². The van der Waals surface area contributed by atoms with Crippen molar-refractivity contribution < 1.29 is 0 Å². The van der Waals surface area contributed by atoms with Gasteiger partial charge in [0, 0.05) is 19.6 Å². The van der Waals surface area contributed by atoms with Gasteiger partial charge in [0.25, 0.3) is 0 Å². The second-order valence-electron chi connectivity index (χ2n) is 5.43. The number of benzene rings is 4. The van der Waals surface area contributed by atoms with E-state index in [-0.39, 0.29) is 0 Å². The standard InChI is InChI=1S/2C10H8S2/c2*11-9-3-1-7-2-4-10(12)6-8(7)5-9/h2*1-6,11-12H. The predicted octanol–water partition coefficient (Wildman–Crippen LogP) is 6.83. The quantitative estimate of drug-likeness (QED) is 0.235. The molecule has 0 nitrogen and oxygen atoms in total. The smallest absolute Gasteiger partial charge is 0.00463 e. The second-order valence-corrected chi connectivity index (χ2v) is 7.50. The summed E-state index contributed by atoms with van der Waals surface area (Å²) in [5.74, 6) is 0. The molecule has 0 bridgehead atoms. The van der Waals surface area contributed by atoms with Crippen LogP contribution in [0, 0.1) is 0 Å². The molecule has 0 atom stereocenters. The Morgan fingerprint density at radius 1 is 0.333 bits per heavy atom. The summed E-state index contributed by atoms with van der Waals surface area (Å²) < 4.78 is 0. The minimum absolute atomic E-state index is 0.987. The maximum absolute atomic E-state index is 4.27. The number of rotatable bonds is 0. The van der Waals surface area contributed by atoms with Crippen molar-refractivity contribution in [2.24, 2.45) is 0 Å². The van der Waals surface area contributed by atoms with Gasteiger partial charge in [0.05, 0.1) is 0 Å². The van der Waals surface area contributed by atoms with E-state index in [0.29, 0.717) is 0 Å². The lowest BCUT2D eigenvalue weighted by molar-refractivity contribution is 1.47. The first-order valence-corrected chi connectivity index (χ1v) is 9.14. The Bertz CT molecular complexity index is 852. The molecule has 0 heterocycles. The SMILES string of the molecule is Sc1ccc2ccc(S)cc2c1.Sc1ccc2ccc(S)cc2c1. The zero-order chi connectivity index (χ0) is 17.1. The molecular weight excluding hydrogens is 368 g/mol. The van der Waals surface area contributed by atoms with Crippen molar-refractivity contribution in [2.45, 2.75) is 19.6 Å². The van der Waals surface area contributed by atoms with Crippen LogP contribution in [0.4, 0.5) is 0 Å². The van der Waals surface area contributed by atoms with Gasteiger partial charge in [0.2, 0.25) is 0 Å². The van der Waals surface area contributed by atoms with Gasteiger partial charge in [-0.05, 0) is 70.1 Å². The highest BCUT2D eigenvalue weighted by Crippen LogP contribution is 2.21. The third kappa shape index (κ3) is 4.45. The summed E-state index contributed by atoms with van der Waals surface area (Å²) in [7, 11) is 0. The Kier molecular flexibility index (Phi) is 5.72. The first kappa shape index (κ1) is 17.6. The third-order valence-electron chi connectivity index (χ3n) is 3.61. The Morgan fingerprint density at radius 2 is 0.583 bits per heavy atom. The number of hydrogen-bond acceptors (Lipinski definition) is 4. The summed E-state index contributed by atoms with van der Waals surface area (Å²) in [6.07, 6.45) is 0. The molecule has 0 amide bonds. The Morgan fingerprint density at radius 3 is 0.833 bits per heavy atom. The van der Waals surface area contributed by atoms with Crippen LogP contribution in [0.15, 0.2) is 92.4 Å². The first-order chi connectivity index (χ1) is 11.5. The molecule has 0 aliphatic carbocycles. The van der Waals surface area contributed by atoms with E-state index in [4.69, 9.17) is 0 Å². The van der Waals surface area contributed by atoms with Gasteiger partial charge in [-0.1, -0.05) is 24.3 Å². The van der Waals surface area contributed by atoms with Crippen molar-refractivity contribution in [3.05, 3.63) is 72.8 Å². The average Bonchev–Trinajstić information content (AvgIpc) is 2.54. The molecule has 4 rings (SSSR count). The maximum Gasteiger partial charge on any atom is 0.00463 e. The molecule has 0 aliphatic rings. The molecule has 4 aromatic rings. The molecule has 4 heteroatoms. The van der Waals surface area contributed by atoms with Gasteiger partial charge in [-0.25, -0.2) is 0 Å². The third-order valence-corrected chi connectivity index (χ3v) is 4.73. The van der Waals surface area contributed by atoms with E-state index in [2.05, 4.69) is 74.8 Å². The topological polar surface area (TPSA) is 0 Å². The fourth-order valence-electron chi connectivity index (χ4n) is 2.44. The minimum atomic E-state index is 0.987. The van der Waals surface area contributed by atoms with Crippen LogP contribution in [0.1, 0.15) is 0 Å². The van der Waals surface area contributed by atoms with Crippen LogP contribution in [0.3, 0.4) is 0 Å². The van der Waals surface area contributed by atoms with Gasteiger partial charge >= 0.3 is 0 Å². The molecule has 0 aliphatic heterocycles. The van der Waals surface area contributed by atoms with Gasteiger partial charge in [0.1, 0.15) is 0 Å². The Hall–Kier alpha value is -1.20. The molecule has 4 aromatic carbocycles. The lowest BCUT2D eigenvalue weighted by Crippen LogP contribution is -1.73. The number of thiol groups is 4. The molecule has 0 aromatic heterocycles. The average molecular weight is 385 g/mol. The van der Waals surface area contributed by atoms with Crippen LogP contribution in [0.25, 0.3) is 21.5 Å². The summed E-state index contributed by atoms with van der Waals surface area (Å²) in [5, 5.41) is 4.83. The molecule has 120 valence electrons. The van der Waals surface area contributed by atoms with Crippen molar-refractivity contribution in [3.8, 4) is 0 Å². The summed E-state index contributed by atoms with van der Waals surface area (Å²) in [6.45, 7) is 0. The van der Waals surface area contributed by atoms with Gasteiger partial charge in [-0.3, -0.25) is 0 Å². The van der Waals surface area contributed by atoms with Crippen LogP contribution in [-0.4, -0.2) is 0 Å². The predicted molar refractivity (Wildman–Crippen MR) is 117 cm³/mol. The van der Waals surface area contributed by atoms with Crippen molar-refractivity contribution in [2.75, 3.05) is 0 Å². The summed E-state index contributed by atoms with van der Waals surface area (Å²) in [5.41, 5.74) is 0. The lowest BCUT2D eigenvalue weighted by atomic mass is 10.1. The van der Waals surface area contributed by atoms with Gasteiger partial charge in [-0.2, -0.15) is 0 Å². The van der Waals surface area contributed by atoms with Crippen molar-refractivity contribution in [3.63, 3.8) is 0 Å². The first-order valence-electron chi connectivity index (χ1n) is 7.35. The summed E-state index contributed by atoms with van der Waals surface area (Å²) in [4.78, 5) is 3.95. The molecular formula is C20H16S4. The molecule has 0 spiro atoms. The monoisotopic (exact) mass is 384 g/mol.